The summed E-state index contributed by atoms with van der Waals surface area (Å²) in [5, 5.41) is 0. The number of fused-ring (bicyclic) bond motifs is 1. The Morgan fingerprint density at radius 1 is 1.27 bits per heavy atom. The van der Waals surface area contributed by atoms with Crippen molar-refractivity contribution in [3.63, 3.8) is 0 Å². The van der Waals surface area contributed by atoms with E-state index in [4.69, 9.17) is 4.74 Å². The molecule has 1 aromatic carbocycles. The van der Waals surface area contributed by atoms with Gasteiger partial charge in [0.05, 0.1) is 0 Å². The molecule has 3 nitrogen and oxygen atoms in total. The summed E-state index contributed by atoms with van der Waals surface area (Å²) < 4.78 is 20.6. The topological polar surface area (TPSA) is 29.5 Å². The van der Waals surface area contributed by atoms with Gasteiger partial charge in [-0.25, -0.2) is 9.18 Å². The molecule has 0 bridgehead atoms. The molecule has 1 atom stereocenters. The minimum Gasteiger partial charge on any atom is -0.444 e. The molecule has 1 heterocycles. The average Bonchev–Trinajstić information content (AvgIpc) is 3.30. The predicted molar refractivity (Wildman–Crippen MR) is 99.7 cm³/mol. The average molecular weight is 359 g/mol. The number of benzene rings is 1. The third kappa shape index (κ3) is 2.64. The van der Waals surface area contributed by atoms with E-state index < -0.39 is 5.60 Å². The summed E-state index contributed by atoms with van der Waals surface area (Å²) in [6, 6.07) is 3.50. The summed E-state index contributed by atoms with van der Waals surface area (Å²) >= 11 is 0. The summed E-state index contributed by atoms with van der Waals surface area (Å²) in [5.41, 5.74) is 2.87. The lowest BCUT2D eigenvalue weighted by Gasteiger charge is -2.45. The van der Waals surface area contributed by atoms with E-state index in [1.807, 2.05) is 26.8 Å². The first-order chi connectivity index (χ1) is 12.0. The Kier molecular flexibility index (Phi) is 3.74. The lowest BCUT2D eigenvalue weighted by molar-refractivity contribution is 0.0233. The maximum absolute atomic E-state index is 15.0. The van der Waals surface area contributed by atoms with Gasteiger partial charge < -0.3 is 9.64 Å². The van der Waals surface area contributed by atoms with Gasteiger partial charge in [-0.1, -0.05) is 19.9 Å². The van der Waals surface area contributed by atoms with Crippen molar-refractivity contribution in [1.29, 1.82) is 0 Å². The first-order valence-corrected chi connectivity index (χ1v) is 9.84. The third-order valence-electron chi connectivity index (χ3n) is 6.73. The van der Waals surface area contributed by atoms with E-state index in [0.29, 0.717) is 19.0 Å². The number of carbonyl (C=O) groups is 1. The number of hydrogen-bond acceptors (Lipinski definition) is 2. The van der Waals surface area contributed by atoms with Crippen molar-refractivity contribution in [3.05, 3.63) is 34.6 Å². The molecule has 3 aliphatic rings. The van der Waals surface area contributed by atoms with E-state index in [-0.39, 0.29) is 22.7 Å². The molecule has 1 aliphatic heterocycles. The Bertz CT molecular complexity index is 758. The molecule has 0 N–H and O–H groups in total. The summed E-state index contributed by atoms with van der Waals surface area (Å²) in [6.45, 7) is 11.4. The van der Waals surface area contributed by atoms with Gasteiger partial charge in [-0.15, -0.1) is 0 Å². The van der Waals surface area contributed by atoms with E-state index in [2.05, 4.69) is 13.8 Å². The minimum absolute atomic E-state index is 0.0000151. The highest BCUT2D eigenvalue weighted by Crippen LogP contribution is 2.68. The van der Waals surface area contributed by atoms with E-state index >= 15 is 0 Å². The van der Waals surface area contributed by atoms with Crippen LogP contribution in [-0.2, 0) is 16.7 Å². The standard InChI is InChI=1S/C22H30FNO2/c1-20(2,3)26-19(25)24-11-8-14-12-21(4,5)22(9-10-22)18-16(23)7-6-15(13-24)17(14)18/h6-7,14H,8-13H2,1-5H3. The summed E-state index contributed by atoms with van der Waals surface area (Å²) in [7, 11) is 0. The van der Waals surface area contributed by atoms with Crippen LogP contribution >= 0.6 is 0 Å². The van der Waals surface area contributed by atoms with Gasteiger partial charge in [-0.3, -0.25) is 0 Å². The number of amides is 1. The zero-order valence-corrected chi connectivity index (χ0v) is 16.6. The predicted octanol–water partition coefficient (Wildman–Crippen LogP) is 5.51. The first-order valence-electron chi connectivity index (χ1n) is 9.84. The number of hydrogen-bond donors (Lipinski definition) is 0. The fraction of sp³-hybridized carbons (Fsp3) is 0.682. The van der Waals surface area contributed by atoms with Crippen molar-refractivity contribution in [1.82, 2.24) is 4.90 Å². The first kappa shape index (κ1) is 17.8. The fourth-order valence-corrected chi connectivity index (χ4v) is 5.36. The van der Waals surface area contributed by atoms with Crippen molar-refractivity contribution in [2.45, 2.75) is 83.8 Å². The zero-order valence-electron chi connectivity index (χ0n) is 16.6. The fourth-order valence-electron chi connectivity index (χ4n) is 5.36. The van der Waals surface area contributed by atoms with Gasteiger partial charge in [0.1, 0.15) is 11.4 Å². The van der Waals surface area contributed by atoms with Crippen molar-refractivity contribution in [2.75, 3.05) is 6.54 Å². The molecule has 4 heteroatoms. The molecule has 1 saturated carbocycles. The van der Waals surface area contributed by atoms with Gasteiger partial charge >= 0.3 is 6.09 Å². The van der Waals surface area contributed by atoms with E-state index in [1.165, 1.54) is 5.56 Å². The lowest BCUT2D eigenvalue weighted by Crippen LogP contribution is -2.38. The van der Waals surface area contributed by atoms with Crippen LogP contribution in [0.15, 0.2) is 12.1 Å². The van der Waals surface area contributed by atoms with E-state index in [0.717, 1.165) is 36.8 Å². The molecule has 1 fully saturated rings. The van der Waals surface area contributed by atoms with E-state index in [1.54, 1.807) is 11.0 Å². The van der Waals surface area contributed by atoms with Gasteiger partial charge in [0.2, 0.25) is 0 Å². The number of rotatable bonds is 0. The Labute approximate surface area is 155 Å². The van der Waals surface area contributed by atoms with Crippen molar-refractivity contribution < 1.29 is 13.9 Å². The second-order valence-electron chi connectivity index (χ2n) is 10.1. The van der Waals surface area contributed by atoms with Crippen LogP contribution in [0.1, 0.15) is 82.9 Å². The Morgan fingerprint density at radius 3 is 2.58 bits per heavy atom. The minimum atomic E-state index is -0.506. The van der Waals surface area contributed by atoms with Gasteiger partial charge in [-0.2, -0.15) is 0 Å². The Morgan fingerprint density at radius 2 is 1.96 bits per heavy atom. The molecule has 1 spiro atoms. The molecular formula is C22H30FNO2. The molecule has 142 valence electrons. The second-order valence-corrected chi connectivity index (χ2v) is 10.1. The maximum atomic E-state index is 15.0. The molecule has 0 aromatic heterocycles. The van der Waals surface area contributed by atoms with Crippen LogP contribution in [0.5, 0.6) is 0 Å². The molecule has 26 heavy (non-hydrogen) atoms. The highest BCUT2D eigenvalue weighted by atomic mass is 19.1. The van der Waals surface area contributed by atoms with Crippen LogP contribution in [-0.4, -0.2) is 23.1 Å². The molecule has 2 aliphatic carbocycles. The van der Waals surface area contributed by atoms with Crippen LogP contribution in [0.4, 0.5) is 9.18 Å². The number of carbonyl (C=O) groups excluding carboxylic acids is 1. The summed E-state index contributed by atoms with van der Waals surface area (Å²) in [4.78, 5) is 14.4. The Balaban J connectivity index is 1.74. The highest BCUT2D eigenvalue weighted by molar-refractivity contribution is 5.68. The monoisotopic (exact) mass is 359 g/mol. The van der Waals surface area contributed by atoms with Crippen molar-refractivity contribution in [2.24, 2.45) is 5.41 Å². The largest absolute Gasteiger partial charge is 0.444 e. The molecule has 0 radical (unpaired) electrons. The number of halogens is 1. The maximum Gasteiger partial charge on any atom is 0.410 e. The SMILES string of the molecule is CC(C)(C)OC(=O)N1CCC2CC(C)(C)C3(CC3)c3c(F)ccc(c32)C1. The zero-order chi connectivity index (χ0) is 18.9. The molecule has 1 amide bonds. The lowest BCUT2D eigenvalue weighted by atomic mass is 9.59. The second kappa shape index (κ2) is 5.46. The number of nitrogens with zero attached hydrogens (tertiary/aromatic N) is 1. The van der Waals surface area contributed by atoms with Crippen LogP contribution in [0.2, 0.25) is 0 Å². The molecule has 1 aromatic rings. The van der Waals surface area contributed by atoms with Gasteiger partial charge in [0.25, 0.3) is 0 Å². The van der Waals surface area contributed by atoms with Crippen molar-refractivity contribution >= 4 is 6.09 Å². The molecule has 0 saturated heterocycles. The quantitative estimate of drug-likeness (QED) is 0.611. The van der Waals surface area contributed by atoms with Crippen LogP contribution in [0.3, 0.4) is 0 Å². The summed E-state index contributed by atoms with van der Waals surface area (Å²) in [5.74, 6) is 0.272. The van der Waals surface area contributed by atoms with Crippen LogP contribution in [0.25, 0.3) is 0 Å². The van der Waals surface area contributed by atoms with Gasteiger partial charge in [0, 0.05) is 18.5 Å². The normalized spacial score (nSPS) is 25.5. The smallest absolute Gasteiger partial charge is 0.410 e. The van der Waals surface area contributed by atoms with Crippen LogP contribution in [0, 0.1) is 11.2 Å². The molecular weight excluding hydrogens is 329 g/mol. The van der Waals surface area contributed by atoms with Gasteiger partial charge in [0.15, 0.2) is 0 Å². The van der Waals surface area contributed by atoms with Crippen LogP contribution < -0.4 is 0 Å². The van der Waals surface area contributed by atoms with Gasteiger partial charge in [-0.05, 0) is 80.5 Å². The van der Waals surface area contributed by atoms with Crippen molar-refractivity contribution in [3.8, 4) is 0 Å². The summed E-state index contributed by atoms with van der Waals surface area (Å²) in [6.07, 6.45) is 3.83. The van der Waals surface area contributed by atoms with E-state index in [9.17, 15) is 9.18 Å². The molecule has 1 unspecified atom stereocenters. The molecule has 4 rings (SSSR count). The highest BCUT2D eigenvalue weighted by Gasteiger charge is 2.61. The third-order valence-corrected chi connectivity index (χ3v) is 6.73. The number of ether oxygens (including phenoxy) is 1. The Hall–Kier alpha value is -1.58.